The van der Waals surface area contributed by atoms with Gasteiger partial charge in [0.2, 0.25) is 5.91 Å². The minimum Gasteiger partial charge on any atom is -0.494 e. The van der Waals surface area contributed by atoms with E-state index in [1.165, 1.54) is 23.7 Å². The lowest BCUT2D eigenvalue weighted by Crippen LogP contribution is -2.13. The van der Waals surface area contributed by atoms with Crippen LogP contribution in [0.1, 0.15) is 5.56 Å². The molecule has 0 atom stereocenters. The molecule has 0 radical (unpaired) electrons. The number of carbonyl (C=O) groups excluding carboxylic acids is 1. The van der Waals surface area contributed by atoms with Crippen molar-refractivity contribution in [1.29, 1.82) is 5.26 Å². The maximum Gasteiger partial charge on any atom is 0.259 e. The number of fused-ring (bicyclic) bond motifs is 2. The molecule has 10 nitrogen and oxygen atoms in total. The Morgan fingerprint density at radius 2 is 1.95 bits per heavy atom. The normalized spacial score (nSPS) is 11.3. The number of aromatic amines is 1. The Hall–Kier alpha value is -4.89. The van der Waals surface area contributed by atoms with E-state index in [0.717, 1.165) is 0 Å². The van der Waals surface area contributed by atoms with E-state index in [2.05, 4.69) is 26.3 Å². The molecular formula is C31H26ClN7O3S. The second kappa shape index (κ2) is 12.5. The zero-order valence-corrected chi connectivity index (χ0v) is 25.1. The van der Waals surface area contributed by atoms with E-state index in [4.69, 9.17) is 29.2 Å². The number of nitrogens with zero attached hydrogens (tertiary/aromatic N) is 5. The predicted octanol–water partition coefficient (Wildman–Crippen LogP) is 5.71. The highest BCUT2D eigenvalue weighted by molar-refractivity contribution is 7.82. The van der Waals surface area contributed by atoms with Gasteiger partial charge >= 0.3 is 0 Å². The molecule has 0 fully saturated rings. The largest absolute Gasteiger partial charge is 0.494 e. The van der Waals surface area contributed by atoms with Crippen LogP contribution in [-0.4, -0.2) is 53.5 Å². The molecule has 2 heterocycles. The summed E-state index contributed by atoms with van der Waals surface area (Å²) in [5.74, 6) is 0.390. The number of nitrogens with one attached hydrogen (secondary N) is 2. The number of para-hydroxylation sites is 1. The van der Waals surface area contributed by atoms with Crippen LogP contribution >= 0.6 is 24.4 Å². The summed E-state index contributed by atoms with van der Waals surface area (Å²) in [4.78, 5) is 39.0. The van der Waals surface area contributed by atoms with E-state index in [1.807, 2.05) is 25.1 Å². The van der Waals surface area contributed by atoms with Crippen LogP contribution < -0.4 is 19.9 Å². The molecule has 0 aliphatic rings. The number of thiol groups is 1. The van der Waals surface area contributed by atoms with Crippen molar-refractivity contribution >= 4 is 69.2 Å². The fraction of sp³-hybridized carbons (Fsp3) is 0.129. The maximum absolute atomic E-state index is 12.6. The van der Waals surface area contributed by atoms with Gasteiger partial charge in [-0.25, -0.2) is 4.98 Å². The lowest BCUT2D eigenvalue weighted by Gasteiger charge is -2.22. The molecule has 0 spiro atoms. The first kappa shape index (κ1) is 29.6. The third-order valence-electron chi connectivity index (χ3n) is 6.56. The molecule has 5 aromatic rings. The molecule has 12 heteroatoms. The number of methoxy groups -OCH3 is 1. The molecule has 2 aromatic heterocycles. The van der Waals surface area contributed by atoms with Crippen LogP contribution in [0.25, 0.3) is 33.2 Å². The summed E-state index contributed by atoms with van der Waals surface area (Å²) in [6.45, 7) is 0.602. The van der Waals surface area contributed by atoms with Crippen LogP contribution in [0.2, 0.25) is 5.02 Å². The number of aromatic nitrogens is 3. The number of carbonyl (C=O) groups is 1. The summed E-state index contributed by atoms with van der Waals surface area (Å²) in [7, 11) is 5.30. The Bertz CT molecular complexity index is 2000. The van der Waals surface area contributed by atoms with Gasteiger partial charge in [-0.3, -0.25) is 18.9 Å². The Labute approximate surface area is 257 Å². The second-order valence-corrected chi connectivity index (χ2v) is 10.6. The number of benzene rings is 3. The summed E-state index contributed by atoms with van der Waals surface area (Å²) >= 11 is 11.4. The van der Waals surface area contributed by atoms with E-state index in [1.54, 1.807) is 54.6 Å². The topological polar surface area (TPSA) is 127 Å². The highest BCUT2D eigenvalue weighted by Crippen LogP contribution is 2.41. The molecular weight excluding hydrogens is 586 g/mol. The zero-order chi connectivity index (χ0) is 30.7. The van der Waals surface area contributed by atoms with Crippen molar-refractivity contribution in [2.75, 3.05) is 37.4 Å². The maximum atomic E-state index is 12.6. The number of pyridine rings is 1. The molecule has 0 aliphatic heterocycles. The Balaban J connectivity index is 1.56. The molecule has 5 rings (SSSR count). The van der Waals surface area contributed by atoms with E-state index in [0.29, 0.717) is 67.6 Å². The fourth-order valence-corrected chi connectivity index (χ4v) is 5.10. The van der Waals surface area contributed by atoms with Crippen LogP contribution in [0.15, 0.2) is 77.7 Å². The summed E-state index contributed by atoms with van der Waals surface area (Å²) in [6.07, 6.45) is 4.64. The van der Waals surface area contributed by atoms with Gasteiger partial charge in [-0.15, -0.1) is 0 Å². The van der Waals surface area contributed by atoms with Gasteiger partial charge in [0.15, 0.2) is 0 Å². The summed E-state index contributed by atoms with van der Waals surface area (Å²) < 4.78 is 7.03. The van der Waals surface area contributed by atoms with Gasteiger partial charge < -0.3 is 19.9 Å². The number of ether oxygens (including phenoxy) is 1. The molecule has 216 valence electrons. The van der Waals surface area contributed by atoms with Crippen LogP contribution in [0, 0.1) is 11.3 Å². The summed E-state index contributed by atoms with van der Waals surface area (Å²) in [5.41, 5.74) is 2.93. The van der Waals surface area contributed by atoms with E-state index >= 15 is 0 Å². The van der Waals surface area contributed by atoms with Crippen molar-refractivity contribution in [3.63, 3.8) is 0 Å². The second-order valence-electron chi connectivity index (χ2n) is 9.76. The lowest BCUT2D eigenvalue weighted by molar-refractivity contribution is -0.111. The minimum absolute atomic E-state index is 0.247. The van der Waals surface area contributed by atoms with Gasteiger partial charge in [0.25, 0.3) is 5.56 Å². The first-order valence-electron chi connectivity index (χ1n) is 13.0. The first-order valence-corrected chi connectivity index (χ1v) is 13.8. The number of hydrogen-bond acceptors (Lipinski definition) is 9. The number of anilines is 3. The summed E-state index contributed by atoms with van der Waals surface area (Å²) in [6, 6.07) is 17.7. The SMILES string of the molecule is COc1cc2ncc(C#N)c(N(S)c3ccc(-c4nc5ccccc5c(=O)[nH]4)c(Cl)c3)c2cc1NC(=O)C=CCN(C)C. The molecule has 43 heavy (non-hydrogen) atoms. The number of rotatable bonds is 8. The number of hydrogen-bond donors (Lipinski definition) is 3. The molecule has 0 saturated carbocycles. The molecule has 1 amide bonds. The first-order chi connectivity index (χ1) is 20.7. The monoisotopic (exact) mass is 611 g/mol. The standard InChI is InChI=1S/C31H26ClN7O3S/c1-38(2)12-6-9-28(40)35-26-14-22-25(15-27(26)42-3)34-17-18(16-33)29(22)39(43)19-10-11-20(23(32)13-19)30-36-24-8-5-4-7-21(24)31(41)37-30/h4-11,13-15,17,43H,12H2,1-3H3,(H,35,40)(H,36,37,41). The van der Waals surface area contributed by atoms with Gasteiger partial charge in [-0.05, 0) is 50.5 Å². The number of amides is 1. The third-order valence-corrected chi connectivity index (χ3v) is 7.30. The van der Waals surface area contributed by atoms with Crippen molar-refractivity contribution in [2.45, 2.75) is 0 Å². The van der Waals surface area contributed by atoms with Crippen molar-refractivity contribution in [3.05, 3.63) is 93.9 Å². The Kier molecular flexibility index (Phi) is 8.63. The van der Waals surface area contributed by atoms with E-state index in [-0.39, 0.29) is 17.0 Å². The molecule has 0 unspecified atom stereocenters. The number of nitriles is 1. The van der Waals surface area contributed by atoms with Crippen LogP contribution in [-0.2, 0) is 4.79 Å². The molecule has 2 N–H and O–H groups in total. The number of H-pyrrole nitrogens is 1. The van der Waals surface area contributed by atoms with Crippen LogP contribution in [0.4, 0.5) is 17.1 Å². The van der Waals surface area contributed by atoms with Gasteiger partial charge in [-0.1, -0.05) is 42.6 Å². The van der Waals surface area contributed by atoms with Gasteiger partial charge in [0.05, 0.1) is 51.2 Å². The molecule has 0 aliphatic carbocycles. The fourth-order valence-electron chi connectivity index (χ4n) is 4.50. The molecule has 3 aromatic carbocycles. The smallest absolute Gasteiger partial charge is 0.259 e. The number of halogens is 1. The van der Waals surface area contributed by atoms with Gasteiger partial charge in [-0.2, -0.15) is 5.26 Å². The zero-order valence-electron chi connectivity index (χ0n) is 23.4. The Morgan fingerprint density at radius 1 is 1.16 bits per heavy atom. The lowest BCUT2D eigenvalue weighted by atomic mass is 10.1. The van der Waals surface area contributed by atoms with E-state index in [9.17, 15) is 14.9 Å². The minimum atomic E-state index is -0.337. The average Bonchev–Trinajstić information content (AvgIpc) is 2.99. The van der Waals surface area contributed by atoms with Crippen molar-refractivity contribution in [3.8, 4) is 23.2 Å². The summed E-state index contributed by atoms with van der Waals surface area (Å²) in [5, 5.41) is 14.1. The number of likely N-dealkylation sites (N-methyl/N-ethyl adjacent to an activating group) is 1. The quantitative estimate of drug-likeness (QED) is 0.150. The Morgan fingerprint density at radius 3 is 2.67 bits per heavy atom. The highest BCUT2D eigenvalue weighted by atomic mass is 35.5. The average molecular weight is 612 g/mol. The van der Waals surface area contributed by atoms with Gasteiger partial charge in [0.1, 0.15) is 17.6 Å². The molecule has 0 bridgehead atoms. The van der Waals surface area contributed by atoms with Crippen LogP contribution in [0.3, 0.4) is 0 Å². The predicted molar refractivity (Wildman–Crippen MR) is 173 cm³/mol. The van der Waals surface area contributed by atoms with Crippen LogP contribution in [0.5, 0.6) is 5.75 Å². The van der Waals surface area contributed by atoms with Crippen molar-refractivity contribution in [1.82, 2.24) is 19.9 Å². The molecule has 0 saturated heterocycles. The third kappa shape index (κ3) is 6.17. The van der Waals surface area contributed by atoms with Crippen molar-refractivity contribution in [2.24, 2.45) is 0 Å². The van der Waals surface area contributed by atoms with Gasteiger partial charge in [0, 0.05) is 35.8 Å². The van der Waals surface area contributed by atoms with E-state index < -0.39 is 0 Å². The highest BCUT2D eigenvalue weighted by Gasteiger charge is 2.20. The van der Waals surface area contributed by atoms with Crippen molar-refractivity contribution < 1.29 is 9.53 Å².